The first-order valence-electron chi connectivity index (χ1n) is 10.9. The van der Waals surface area contributed by atoms with E-state index in [2.05, 4.69) is 26.9 Å². The summed E-state index contributed by atoms with van der Waals surface area (Å²) in [5.41, 5.74) is 3.72. The molecule has 0 aliphatic heterocycles. The second-order valence-electron chi connectivity index (χ2n) is 8.19. The van der Waals surface area contributed by atoms with Crippen molar-refractivity contribution in [3.8, 4) is 17.0 Å². The number of imidazole rings is 1. The van der Waals surface area contributed by atoms with Crippen LogP contribution in [0.3, 0.4) is 0 Å². The Bertz CT molecular complexity index is 1290. The van der Waals surface area contributed by atoms with Crippen LogP contribution >= 0.6 is 0 Å². The third-order valence-electron chi connectivity index (χ3n) is 6.13. The second-order valence-corrected chi connectivity index (χ2v) is 9.08. The first-order chi connectivity index (χ1) is 16.1. The molecule has 2 unspecified atom stereocenters. The standard InChI is InChI=1S/C25H23AsN4O3/c1-32-25(31)19-11-10-18(12-19)24-29-21(22-23(26)27-15-28-30(22)24)17-8-5-9-20(13-17)33-14-16-6-3-2-4-7-16/h2-9,13,15,18-19H,10-12,14H2,1H3. The van der Waals surface area contributed by atoms with Crippen molar-refractivity contribution in [2.75, 3.05) is 7.11 Å². The molecule has 1 saturated carbocycles. The quantitative estimate of drug-likeness (QED) is 0.298. The molecule has 2 atom stereocenters. The van der Waals surface area contributed by atoms with Gasteiger partial charge in [0, 0.05) is 0 Å². The Hall–Kier alpha value is -3.18. The van der Waals surface area contributed by atoms with Gasteiger partial charge in [0.05, 0.1) is 0 Å². The summed E-state index contributed by atoms with van der Waals surface area (Å²) in [6.07, 6.45) is 3.92. The Balaban J connectivity index is 1.48. The number of ether oxygens (including phenoxy) is 2. The summed E-state index contributed by atoms with van der Waals surface area (Å²) in [6.45, 7) is 0.496. The molecule has 0 saturated heterocycles. The molecule has 2 aromatic heterocycles. The van der Waals surface area contributed by atoms with Crippen LogP contribution < -0.4 is 9.22 Å². The number of aromatic nitrogens is 4. The Morgan fingerprint density at radius 2 is 2.00 bits per heavy atom. The van der Waals surface area contributed by atoms with Crippen molar-refractivity contribution in [3.63, 3.8) is 0 Å². The average molecular weight is 502 g/mol. The van der Waals surface area contributed by atoms with E-state index in [9.17, 15) is 4.79 Å². The van der Waals surface area contributed by atoms with Gasteiger partial charge >= 0.3 is 201 Å². The van der Waals surface area contributed by atoms with E-state index in [1.807, 2.05) is 59.1 Å². The molecule has 33 heavy (non-hydrogen) atoms. The molecule has 0 spiro atoms. The zero-order valence-electron chi connectivity index (χ0n) is 18.2. The first-order valence-corrected chi connectivity index (χ1v) is 11.9. The molecule has 2 radical (unpaired) electrons. The summed E-state index contributed by atoms with van der Waals surface area (Å²) < 4.78 is 13.7. The van der Waals surface area contributed by atoms with Gasteiger partial charge in [-0.05, 0) is 0 Å². The molecule has 5 rings (SSSR count). The van der Waals surface area contributed by atoms with Crippen LogP contribution in [0.15, 0.2) is 60.9 Å². The number of nitrogens with zero attached hydrogens (tertiary/aromatic N) is 4. The van der Waals surface area contributed by atoms with Gasteiger partial charge in [-0.15, -0.1) is 0 Å². The molecule has 1 aliphatic carbocycles. The number of benzene rings is 2. The minimum atomic E-state index is -0.149. The van der Waals surface area contributed by atoms with Crippen molar-refractivity contribution in [1.29, 1.82) is 0 Å². The second kappa shape index (κ2) is 9.36. The fraction of sp³-hybridized carbons (Fsp3) is 0.280. The van der Waals surface area contributed by atoms with Crippen molar-refractivity contribution in [3.05, 3.63) is 72.3 Å². The molecule has 8 heteroatoms. The maximum absolute atomic E-state index is 12.0. The van der Waals surface area contributed by atoms with Crippen LogP contribution in [0.25, 0.3) is 16.8 Å². The number of methoxy groups -OCH3 is 1. The van der Waals surface area contributed by atoms with E-state index in [4.69, 9.17) is 14.5 Å². The predicted molar refractivity (Wildman–Crippen MR) is 124 cm³/mol. The van der Waals surface area contributed by atoms with E-state index < -0.39 is 0 Å². The number of hydrogen-bond acceptors (Lipinski definition) is 6. The van der Waals surface area contributed by atoms with Crippen LogP contribution in [0.2, 0.25) is 0 Å². The van der Waals surface area contributed by atoms with Crippen molar-refractivity contribution in [1.82, 2.24) is 19.6 Å². The van der Waals surface area contributed by atoms with Crippen LogP contribution in [-0.2, 0) is 16.1 Å². The summed E-state index contributed by atoms with van der Waals surface area (Å²) in [5, 5.41) is 4.51. The first kappa shape index (κ1) is 21.7. The monoisotopic (exact) mass is 502 g/mol. The van der Waals surface area contributed by atoms with Crippen LogP contribution in [0.1, 0.15) is 36.6 Å². The van der Waals surface area contributed by atoms with Crippen molar-refractivity contribution in [2.24, 2.45) is 5.92 Å². The molecule has 2 aromatic carbocycles. The topological polar surface area (TPSA) is 78.6 Å². The third-order valence-corrected chi connectivity index (χ3v) is 6.81. The van der Waals surface area contributed by atoms with Gasteiger partial charge in [0.25, 0.3) is 0 Å². The van der Waals surface area contributed by atoms with Crippen LogP contribution in [0.5, 0.6) is 5.75 Å². The van der Waals surface area contributed by atoms with Gasteiger partial charge in [0.1, 0.15) is 0 Å². The predicted octanol–water partition coefficient (Wildman–Crippen LogP) is 3.22. The Morgan fingerprint density at radius 1 is 1.15 bits per heavy atom. The van der Waals surface area contributed by atoms with E-state index in [0.29, 0.717) is 13.0 Å². The maximum atomic E-state index is 12.0. The molecule has 0 bridgehead atoms. The van der Waals surface area contributed by atoms with Gasteiger partial charge in [-0.2, -0.15) is 0 Å². The Labute approximate surface area is 200 Å². The Kier molecular flexibility index (Phi) is 6.14. The molecular formula is C25H23AsN4O3. The van der Waals surface area contributed by atoms with E-state index in [1.54, 1.807) is 6.33 Å². The van der Waals surface area contributed by atoms with Gasteiger partial charge in [-0.1, -0.05) is 0 Å². The summed E-state index contributed by atoms with van der Waals surface area (Å²) >= 11 is 2.50. The zero-order chi connectivity index (χ0) is 22.8. The number of fused-ring (bicyclic) bond motifs is 1. The van der Waals surface area contributed by atoms with E-state index >= 15 is 0 Å². The summed E-state index contributed by atoms with van der Waals surface area (Å²) in [5.74, 6) is 1.52. The van der Waals surface area contributed by atoms with Crippen LogP contribution in [0, 0.1) is 5.92 Å². The average Bonchev–Trinajstić information content (AvgIpc) is 3.49. The summed E-state index contributed by atoms with van der Waals surface area (Å²) in [7, 11) is 1.44. The molecule has 4 aromatic rings. The normalized spacial score (nSPS) is 17.9. The van der Waals surface area contributed by atoms with E-state index in [1.165, 1.54) is 7.11 Å². The number of carbonyl (C=O) groups excluding carboxylic acids is 1. The van der Waals surface area contributed by atoms with Gasteiger partial charge in [-0.3, -0.25) is 0 Å². The van der Waals surface area contributed by atoms with E-state index in [0.717, 1.165) is 51.2 Å². The molecule has 1 fully saturated rings. The SMILES string of the molecule is COC(=O)C1CCC(c2nc(-c3cccc(OCc4ccccc4)c3)c3c([As])ncnn23)C1. The fourth-order valence-electron chi connectivity index (χ4n) is 4.48. The minimum absolute atomic E-state index is 0.0933. The number of rotatable bonds is 6. The third kappa shape index (κ3) is 4.38. The van der Waals surface area contributed by atoms with Gasteiger partial charge in [0.15, 0.2) is 0 Å². The number of hydrogen-bond donors (Lipinski definition) is 0. The molecular weight excluding hydrogens is 479 g/mol. The summed E-state index contributed by atoms with van der Waals surface area (Å²) in [4.78, 5) is 21.5. The number of carbonyl (C=O) groups is 1. The fourth-order valence-corrected chi connectivity index (χ4v) is 5.01. The summed E-state index contributed by atoms with van der Waals surface area (Å²) in [6, 6.07) is 18.0. The molecule has 1 aliphatic rings. The molecule has 0 N–H and O–H groups in total. The molecule has 0 amide bonds. The Morgan fingerprint density at radius 3 is 2.82 bits per heavy atom. The van der Waals surface area contributed by atoms with Crippen molar-refractivity contribution in [2.45, 2.75) is 31.8 Å². The molecule has 2 heterocycles. The molecule has 7 nitrogen and oxygen atoms in total. The van der Waals surface area contributed by atoms with Crippen LogP contribution in [-0.4, -0.2) is 49.5 Å². The van der Waals surface area contributed by atoms with Crippen molar-refractivity contribution >= 4 is 32.8 Å². The zero-order valence-corrected chi connectivity index (χ0v) is 20.1. The van der Waals surface area contributed by atoms with Crippen LogP contribution in [0.4, 0.5) is 0 Å². The van der Waals surface area contributed by atoms with Gasteiger partial charge in [-0.25, -0.2) is 0 Å². The van der Waals surface area contributed by atoms with Gasteiger partial charge < -0.3 is 0 Å². The molecule has 166 valence electrons. The number of esters is 1. The van der Waals surface area contributed by atoms with Crippen molar-refractivity contribution < 1.29 is 14.3 Å². The van der Waals surface area contributed by atoms with E-state index in [-0.39, 0.29) is 17.8 Å². The van der Waals surface area contributed by atoms with Gasteiger partial charge in [0.2, 0.25) is 0 Å².